The molecule has 0 heterocycles. The van der Waals surface area contributed by atoms with Gasteiger partial charge in [0.1, 0.15) is 0 Å². The van der Waals surface area contributed by atoms with Crippen LogP contribution < -0.4 is 5.32 Å². The van der Waals surface area contributed by atoms with Crippen molar-refractivity contribution in [3.63, 3.8) is 0 Å². The number of benzene rings is 1. The number of carboxylic acids is 1. The van der Waals surface area contributed by atoms with E-state index in [0.29, 0.717) is 6.04 Å². The second-order valence-electron chi connectivity index (χ2n) is 5.63. The standard InChI is InChI=1S/C16H24N2O2/c1-18(12-13-7-3-2-4-8-13)15-10-6-5-9-14(15)17-11-16(19)20/h2-4,7-8,14-15,17H,5-6,9-12H2,1H3,(H,19,20)/t14-,15+/m1/s1. The molecule has 20 heavy (non-hydrogen) atoms. The summed E-state index contributed by atoms with van der Waals surface area (Å²) in [5.41, 5.74) is 1.30. The average molecular weight is 276 g/mol. The van der Waals surface area contributed by atoms with Gasteiger partial charge in [0.05, 0.1) is 6.54 Å². The summed E-state index contributed by atoms with van der Waals surface area (Å²) in [6.07, 6.45) is 4.62. The van der Waals surface area contributed by atoms with Gasteiger partial charge in [-0.05, 0) is 25.5 Å². The molecule has 0 aliphatic heterocycles. The Hall–Kier alpha value is -1.39. The Balaban J connectivity index is 1.94. The van der Waals surface area contributed by atoms with E-state index in [2.05, 4.69) is 41.5 Å². The van der Waals surface area contributed by atoms with Crippen LogP contribution in [0.15, 0.2) is 30.3 Å². The molecule has 110 valence electrons. The quantitative estimate of drug-likeness (QED) is 0.835. The maximum Gasteiger partial charge on any atom is 0.317 e. The summed E-state index contributed by atoms with van der Waals surface area (Å²) >= 11 is 0. The van der Waals surface area contributed by atoms with Crippen molar-refractivity contribution in [2.45, 2.75) is 44.3 Å². The molecule has 0 bridgehead atoms. The average Bonchev–Trinajstić information content (AvgIpc) is 2.46. The summed E-state index contributed by atoms with van der Waals surface area (Å²) in [6.45, 7) is 0.969. The highest BCUT2D eigenvalue weighted by Gasteiger charge is 2.28. The number of hydrogen-bond donors (Lipinski definition) is 2. The van der Waals surface area contributed by atoms with Crippen molar-refractivity contribution >= 4 is 5.97 Å². The molecule has 2 atom stereocenters. The van der Waals surface area contributed by atoms with E-state index in [1.807, 2.05) is 6.07 Å². The van der Waals surface area contributed by atoms with Gasteiger partial charge >= 0.3 is 5.97 Å². The van der Waals surface area contributed by atoms with E-state index in [0.717, 1.165) is 19.4 Å². The molecule has 4 heteroatoms. The monoisotopic (exact) mass is 276 g/mol. The molecule has 1 aliphatic carbocycles. The van der Waals surface area contributed by atoms with Gasteiger partial charge in [0.25, 0.3) is 0 Å². The van der Waals surface area contributed by atoms with Gasteiger partial charge in [-0.2, -0.15) is 0 Å². The highest BCUT2D eigenvalue weighted by Crippen LogP contribution is 2.23. The summed E-state index contributed by atoms with van der Waals surface area (Å²) in [7, 11) is 2.14. The van der Waals surface area contributed by atoms with Gasteiger partial charge in [0.2, 0.25) is 0 Å². The highest BCUT2D eigenvalue weighted by atomic mass is 16.4. The summed E-state index contributed by atoms with van der Waals surface area (Å²) in [5.74, 6) is -0.778. The summed E-state index contributed by atoms with van der Waals surface area (Å²) in [6, 6.07) is 11.1. The highest BCUT2D eigenvalue weighted by molar-refractivity contribution is 5.69. The molecule has 4 nitrogen and oxygen atoms in total. The van der Waals surface area contributed by atoms with Crippen molar-refractivity contribution in [2.75, 3.05) is 13.6 Å². The van der Waals surface area contributed by atoms with E-state index in [-0.39, 0.29) is 12.6 Å². The number of nitrogens with zero attached hydrogens (tertiary/aromatic N) is 1. The predicted molar refractivity (Wildman–Crippen MR) is 79.6 cm³/mol. The van der Waals surface area contributed by atoms with Gasteiger partial charge in [0, 0.05) is 18.6 Å². The second-order valence-corrected chi connectivity index (χ2v) is 5.63. The summed E-state index contributed by atoms with van der Waals surface area (Å²) in [5, 5.41) is 12.0. The minimum atomic E-state index is -0.778. The maximum absolute atomic E-state index is 10.7. The van der Waals surface area contributed by atoms with Crippen LogP contribution in [-0.2, 0) is 11.3 Å². The van der Waals surface area contributed by atoms with Gasteiger partial charge in [-0.15, -0.1) is 0 Å². The molecule has 1 saturated carbocycles. The minimum absolute atomic E-state index is 0.0559. The Morgan fingerprint density at radius 1 is 1.30 bits per heavy atom. The Morgan fingerprint density at radius 3 is 2.70 bits per heavy atom. The van der Waals surface area contributed by atoms with Crippen LogP contribution in [0.1, 0.15) is 31.2 Å². The van der Waals surface area contributed by atoms with Crippen molar-refractivity contribution < 1.29 is 9.90 Å². The van der Waals surface area contributed by atoms with Crippen LogP contribution in [0.3, 0.4) is 0 Å². The number of nitrogens with one attached hydrogen (secondary N) is 1. The fourth-order valence-electron chi connectivity index (χ4n) is 3.08. The zero-order valence-electron chi connectivity index (χ0n) is 12.1. The normalized spacial score (nSPS) is 22.9. The Bertz CT molecular complexity index is 422. The zero-order chi connectivity index (χ0) is 14.4. The van der Waals surface area contributed by atoms with Crippen LogP contribution in [0.4, 0.5) is 0 Å². The van der Waals surface area contributed by atoms with Gasteiger partial charge in [-0.1, -0.05) is 43.2 Å². The molecule has 2 rings (SSSR count). The van der Waals surface area contributed by atoms with Crippen LogP contribution in [0.25, 0.3) is 0 Å². The molecule has 1 aromatic rings. The summed E-state index contributed by atoms with van der Waals surface area (Å²) < 4.78 is 0. The van der Waals surface area contributed by atoms with Crippen LogP contribution in [0, 0.1) is 0 Å². The minimum Gasteiger partial charge on any atom is -0.480 e. The third kappa shape index (κ3) is 4.32. The topological polar surface area (TPSA) is 52.6 Å². The predicted octanol–water partition coefficient (Wildman–Crippen LogP) is 2.10. The van der Waals surface area contributed by atoms with Crippen molar-refractivity contribution in [3.8, 4) is 0 Å². The van der Waals surface area contributed by atoms with Crippen LogP contribution in [0.2, 0.25) is 0 Å². The number of hydrogen-bond acceptors (Lipinski definition) is 3. The van der Waals surface area contributed by atoms with Gasteiger partial charge in [-0.25, -0.2) is 0 Å². The van der Waals surface area contributed by atoms with E-state index in [1.165, 1.54) is 18.4 Å². The van der Waals surface area contributed by atoms with Crippen LogP contribution >= 0.6 is 0 Å². The first-order chi connectivity index (χ1) is 9.66. The Kier molecular flexibility index (Phi) is 5.56. The molecule has 0 radical (unpaired) electrons. The molecule has 0 aromatic heterocycles. The largest absolute Gasteiger partial charge is 0.480 e. The van der Waals surface area contributed by atoms with E-state index in [1.54, 1.807) is 0 Å². The third-order valence-corrected chi connectivity index (χ3v) is 4.09. The number of carbonyl (C=O) groups is 1. The van der Waals surface area contributed by atoms with Crippen LogP contribution in [0.5, 0.6) is 0 Å². The molecule has 0 saturated heterocycles. The van der Waals surface area contributed by atoms with E-state index < -0.39 is 5.97 Å². The van der Waals surface area contributed by atoms with Gasteiger partial charge in [0.15, 0.2) is 0 Å². The lowest BCUT2D eigenvalue weighted by Gasteiger charge is -2.38. The number of aliphatic carboxylic acids is 1. The molecular weight excluding hydrogens is 252 g/mol. The number of rotatable bonds is 6. The molecule has 1 aliphatic rings. The maximum atomic E-state index is 10.7. The van der Waals surface area contributed by atoms with Crippen molar-refractivity contribution in [1.82, 2.24) is 10.2 Å². The molecule has 0 spiro atoms. The second kappa shape index (κ2) is 7.41. The SMILES string of the molecule is CN(Cc1ccccc1)[C@H]1CCCC[C@H]1NCC(=O)O. The first-order valence-electron chi connectivity index (χ1n) is 7.36. The third-order valence-electron chi connectivity index (χ3n) is 4.09. The Morgan fingerprint density at radius 2 is 2.00 bits per heavy atom. The smallest absolute Gasteiger partial charge is 0.317 e. The molecular formula is C16H24N2O2. The Labute approximate surface area is 120 Å². The van der Waals surface area contributed by atoms with E-state index in [9.17, 15) is 4.79 Å². The molecule has 2 N–H and O–H groups in total. The number of carboxylic acid groups (broad SMARTS) is 1. The first-order valence-corrected chi connectivity index (χ1v) is 7.36. The molecule has 0 amide bonds. The lowest BCUT2D eigenvalue weighted by Crippen LogP contribution is -2.51. The van der Waals surface area contributed by atoms with E-state index >= 15 is 0 Å². The van der Waals surface area contributed by atoms with E-state index in [4.69, 9.17) is 5.11 Å². The van der Waals surface area contributed by atoms with Crippen molar-refractivity contribution in [2.24, 2.45) is 0 Å². The molecule has 0 unspecified atom stereocenters. The first kappa shape index (κ1) is 15.0. The molecule has 1 fully saturated rings. The van der Waals surface area contributed by atoms with Crippen LogP contribution in [-0.4, -0.2) is 41.7 Å². The van der Waals surface area contributed by atoms with Gasteiger partial charge < -0.3 is 10.4 Å². The lowest BCUT2D eigenvalue weighted by atomic mass is 9.89. The van der Waals surface area contributed by atoms with Crippen molar-refractivity contribution in [3.05, 3.63) is 35.9 Å². The zero-order valence-corrected chi connectivity index (χ0v) is 12.1. The number of likely N-dealkylation sites (N-methyl/N-ethyl adjacent to an activating group) is 1. The fourth-order valence-corrected chi connectivity index (χ4v) is 3.08. The van der Waals surface area contributed by atoms with Crippen molar-refractivity contribution in [1.29, 1.82) is 0 Å². The summed E-state index contributed by atoms with van der Waals surface area (Å²) in [4.78, 5) is 13.1. The lowest BCUT2D eigenvalue weighted by molar-refractivity contribution is -0.136. The van der Waals surface area contributed by atoms with Gasteiger partial charge in [-0.3, -0.25) is 9.69 Å². The molecule has 1 aromatic carbocycles. The fraction of sp³-hybridized carbons (Fsp3) is 0.562.